The number of amides is 1. The van der Waals surface area contributed by atoms with Crippen molar-refractivity contribution in [3.8, 4) is 23.0 Å². The SMILES string of the molecule is CCOCCn1c(=NC(=O)/C=C\c2cc(OC)c(OC)c(OC)c2)sc2cc(OC)ccc21. The Morgan fingerprint density at radius 1 is 1.03 bits per heavy atom. The van der Waals surface area contributed by atoms with Crippen molar-refractivity contribution < 1.29 is 28.5 Å². The lowest BCUT2D eigenvalue weighted by molar-refractivity contribution is -0.113. The number of benzene rings is 2. The summed E-state index contributed by atoms with van der Waals surface area (Å²) in [6, 6.07) is 9.32. The lowest BCUT2D eigenvalue weighted by atomic mass is 10.1. The molecule has 0 bridgehead atoms. The lowest BCUT2D eigenvalue weighted by Crippen LogP contribution is -2.19. The highest BCUT2D eigenvalue weighted by Crippen LogP contribution is 2.38. The van der Waals surface area contributed by atoms with Crippen LogP contribution in [0.4, 0.5) is 0 Å². The molecule has 33 heavy (non-hydrogen) atoms. The van der Waals surface area contributed by atoms with Crippen LogP contribution in [0.1, 0.15) is 12.5 Å². The van der Waals surface area contributed by atoms with Crippen molar-refractivity contribution >= 4 is 33.5 Å². The van der Waals surface area contributed by atoms with Crippen molar-refractivity contribution in [3.05, 3.63) is 46.8 Å². The standard InChI is InChI=1S/C24H28N2O6S/c1-6-32-12-11-26-18-9-8-17(28-2)15-21(18)33-24(26)25-22(27)10-7-16-13-19(29-3)23(31-5)20(14-16)30-4/h7-10,13-15H,6,11-12H2,1-5H3/b10-7-,25-24?. The van der Waals surface area contributed by atoms with Gasteiger partial charge in [-0.2, -0.15) is 4.99 Å². The monoisotopic (exact) mass is 472 g/mol. The summed E-state index contributed by atoms with van der Waals surface area (Å²) >= 11 is 1.43. The third-order valence-corrected chi connectivity index (χ3v) is 5.91. The van der Waals surface area contributed by atoms with Gasteiger partial charge in [-0.3, -0.25) is 4.79 Å². The molecule has 2 aromatic carbocycles. The van der Waals surface area contributed by atoms with E-state index in [4.69, 9.17) is 23.7 Å². The van der Waals surface area contributed by atoms with Crippen molar-refractivity contribution in [2.45, 2.75) is 13.5 Å². The fourth-order valence-corrected chi connectivity index (χ4v) is 4.37. The van der Waals surface area contributed by atoms with E-state index in [1.54, 1.807) is 46.6 Å². The second-order valence-corrected chi connectivity index (χ2v) is 7.82. The van der Waals surface area contributed by atoms with Gasteiger partial charge in [-0.15, -0.1) is 0 Å². The van der Waals surface area contributed by atoms with Crippen LogP contribution in [-0.2, 0) is 16.1 Å². The first-order valence-corrected chi connectivity index (χ1v) is 11.2. The molecule has 1 aromatic heterocycles. The molecule has 0 radical (unpaired) electrons. The predicted octanol–water partition coefficient (Wildman–Crippen LogP) is 3.91. The first-order valence-electron chi connectivity index (χ1n) is 10.4. The van der Waals surface area contributed by atoms with Crippen molar-refractivity contribution in [3.63, 3.8) is 0 Å². The largest absolute Gasteiger partial charge is 0.497 e. The third-order valence-electron chi connectivity index (χ3n) is 4.86. The number of fused-ring (bicyclic) bond motifs is 1. The molecule has 0 aliphatic heterocycles. The van der Waals surface area contributed by atoms with E-state index in [1.165, 1.54) is 17.4 Å². The van der Waals surface area contributed by atoms with Crippen LogP contribution in [0.15, 0.2) is 41.4 Å². The number of hydrogen-bond acceptors (Lipinski definition) is 7. The number of aromatic nitrogens is 1. The van der Waals surface area contributed by atoms with Gasteiger partial charge in [-0.05, 0) is 48.9 Å². The third kappa shape index (κ3) is 5.74. The number of carbonyl (C=O) groups excluding carboxylic acids is 1. The molecule has 1 amide bonds. The number of methoxy groups -OCH3 is 4. The van der Waals surface area contributed by atoms with Crippen LogP contribution >= 0.6 is 11.3 Å². The summed E-state index contributed by atoms with van der Waals surface area (Å²) < 4.78 is 29.9. The molecule has 3 rings (SSSR count). The number of thiazole rings is 1. The predicted molar refractivity (Wildman–Crippen MR) is 129 cm³/mol. The number of ether oxygens (including phenoxy) is 5. The Morgan fingerprint density at radius 3 is 2.36 bits per heavy atom. The van der Waals surface area contributed by atoms with Crippen LogP contribution < -0.4 is 23.7 Å². The van der Waals surface area contributed by atoms with Gasteiger partial charge in [0.05, 0.1) is 45.3 Å². The minimum atomic E-state index is -0.382. The normalized spacial score (nSPS) is 11.8. The van der Waals surface area contributed by atoms with E-state index in [-0.39, 0.29) is 5.91 Å². The molecule has 0 atom stereocenters. The first-order chi connectivity index (χ1) is 16.0. The molecule has 0 fully saturated rings. The van der Waals surface area contributed by atoms with Gasteiger partial charge in [0.25, 0.3) is 5.91 Å². The molecule has 0 unspecified atom stereocenters. The van der Waals surface area contributed by atoms with Crippen LogP contribution in [0.25, 0.3) is 16.3 Å². The van der Waals surface area contributed by atoms with Crippen molar-refractivity contribution in [2.75, 3.05) is 41.7 Å². The van der Waals surface area contributed by atoms with Gasteiger partial charge in [0.1, 0.15) is 5.75 Å². The molecule has 1 heterocycles. The molecular formula is C24H28N2O6S. The Kier molecular flexibility index (Phi) is 8.51. The van der Waals surface area contributed by atoms with Gasteiger partial charge in [-0.25, -0.2) is 0 Å². The van der Waals surface area contributed by atoms with E-state index in [1.807, 2.05) is 29.7 Å². The molecule has 3 aromatic rings. The summed E-state index contributed by atoms with van der Waals surface area (Å²) in [6.07, 6.45) is 3.08. The maximum atomic E-state index is 12.7. The molecule has 8 nitrogen and oxygen atoms in total. The summed E-state index contributed by atoms with van der Waals surface area (Å²) in [5, 5.41) is 0. The summed E-state index contributed by atoms with van der Waals surface area (Å²) in [6.45, 7) is 3.68. The molecule has 0 aliphatic carbocycles. The maximum absolute atomic E-state index is 12.7. The highest BCUT2D eigenvalue weighted by Gasteiger charge is 2.12. The quantitative estimate of drug-likeness (QED) is 0.329. The zero-order chi connectivity index (χ0) is 23.8. The van der Waals surface area contributed by atoms with Crippen LogP contribution in [0.3, 0.4) is 0 Å². The Hall–Kier alpha value is -3.30. The van der Waals surface area contributed by atoms with Crippen molar-refractivity contribution in [2.24, 2.45) is 4.99 Å². The summed E-state index contributed by atoms with van der Waals surface area (Å²) in [5.41, 5.74) is 1.69. The van der Waals surface area contributed by atoms with E-state index in [0.717, 1.165) is 21.5 Å². The fourth-order valence-electron chi connectivity index (χ4n) is 3.28. The van der Waals surface area contributed by atoms with E-state index in [0.29, 0.717) is 41.8 Å². The highest BCUT2D eigenvalue weighted by atomic mass is 32.1. The van der Waals surface area contributed by atoms with Gasteiger partial charge in [-0.1, -0.05) is 11.3 Å². The maximum Gasteiger partial charge on any atom is 0.272 e. The zero-order valence-electron chi connectivity index (χ0n) is 19.4. The number of hydrogen-bond donors (Lipinski definition) is 0. The van der Waals surface area contributed by atoms with Crippen LogP contribution in [0.5, 0.6) is 23.0 Å². The second-order valence-electron chi connectivity index (χ2n) is 6.81. The molecule has 0 saturated carbocycles. The number of carbonyl (C=O) groups is 1. The molecule has 9 heteroatoms. The summed E-state index contributed by atoms with van der Waals surface area (Å²) in [7, 11) is 6.26. The molecule has 0 saturated heterocycles. The topological polar surface area (TPSA) is 80.5 Å². The van der Waals surface area contributed by atoms with Crippen LogP contribution in [0, 0.1) is 0 Å². The van der Waals surface area contributed by atoms with Gasteiger partial charge in [0.2, 0.25) is 5.75 Å². The van der Waals surface area contributed by atoms with E-state index in [9.17, 15) is 4.79 Å². The van der Waals surface area contributed by atoms with E-state index < -0.39 is 0 Å². The number of rotatable bonds is 10. The highest BCUT2D eigenvalue weighted by molar-refractivity contribution is 7.16. The molecule has 176 valence electrons. The minimum absolute atomic E-state index is 0.382. The van der Waals surface area contributed by atoms with E-state index >= 15 is 0 Å². The zero-order valence-corrected chi connectivity index (χ0v) is 20.2. The van der Waals surface area contributed by atoms with Gasteiger partial charge in [0, 0.05) is 19.2 Å². The summed E-state index contributed by atoms with van der Waals surface area (Å²) in [4.78, 5) is 17.6. The van der Waals surface area contributed by atoms with Gasteiger partial charge in [0.15, 0.2) is 16.3 Å². The smallest absolute Gasteiger partial charge is 0.272 e. The fraction of sp³-hybridized carbons (Fsp3) is 0.333. The van der Waals surface area contributed by atoms with Crippen LogP contribution in [-0.4, -0.2) is 52.1 Å². The Morgan fingerprint density at radius 2 is 1.76 bits per heavy atom. The summed E-state index contributed by atoms with van der Waals surface area (Å²) in [5.74, 6) is 1.87. The van der Waals surface area contributed by atoms with Crippen LogP contribution in [0.2, 0.25) is 0 Å². The Bertz CT molecular complexity index is 1190. The molecule has 0 spiro atoms. The Labute approximate surface area is 196 Å². The number of nitrogens with zero attached hydrogens (tertiary/aromatic N) is 2. The lowest BCUT2D eigenvalue weighted by Gasteiger charge is -2.12. The molecular weight excluding hydrogens is 444 g/mol. The van der Waals surface area contributed by atoms with Gasteiger partial charge >= 0.3 is 0 Å². The first kappa shape index (κ1) is 24.3. The van der Waals surface area contributed by atoms with Crippen molar-refractivity contribution in [1.82, 2.24) is 4.57 Å². The molecule has 0 N–H and O–H groups in total. The Balaban J connectivity index is 1.95. The van der Waals surface area contributed by atoms with Gasteiger partial charge < -0.3 is 28.3 Å². The minimum Gasteiger partial charge on any atom is -0.497 e. The molecule has 0 aliphatic rings. The average molecular weight is 473 g/mol. The second kappa shape index (κ2) is 11.5. The van der Waals surface area contributed by atoms with E-state index in [2.05, 4.69) is 4.99 Å². The van der Waals surface area contributed by atoms with Crippen molar-refractivity contribution in [1.29, 1.82) is 0 Å². The average Bonchev–Trinajstić information content (AvgIpc) is 3.17.